The van der Waals surface area contributed by atoms with Gasteiger partial charge in [0.05, 0.1) is 23.8 Å². The maximum Gasteiger partial charge on any atom is 0.191 e. The highest BCUT2D eigenvalue weighted by Crippen LogP contribution is 2.30. The van der Waals surface area contributed by atoms with E-state index in [1.165, 1.54) is 0 Å². The smallest absolute Gasteiger partial charge is 0.191 e. The molecule has 0 amide bonds. The molecule has 0 aliphatic carbocycles. The third-order valence-corrected chi connectivity index (χ3v) is 4.67. The van der Waals surface area contributed by atoms with E-state index in [0.717, 1.165) is 34.6 Å². The van der Waals surface area contributed by atoms with E-state index in [-0.39, 0.29) is 6.10 Å². The zero-order chi connectivity index (χ0) is 16.8. The summed E-state index contributed by atoms with van der Waals surface area (Å²) in [6, 6.07) is 7.71. The lowest BCUT2D eigenvalue weighted by Gasteiger charge is -2.27. The molecule has 0 saturated heterocycles. The van der Waals surface area contributed by atoms with Crippen molar-refractivity contribution in [3.8, 4) is 11.5 Å². The average Bonchev–Trinajstić information content (AvgIpc) is 3.10. The van der Waals surface area contributed by atoms with Gasteiger partial charge in [0.15, 0.2) is 17.5 Å². The van der Waals surface area contributed by atoms with Gasteiger partial charge in [0.1, 0.15) is 12.7 Å². The van der Waals surface area contributed by atoms with Gasteiger partial charge >= 0.3 is 0 Å². The molecule has 2 N–H and O–H groups in total. The molecule has 128 valence electrons. The summed E-state index contributed by atoms with van der Waals surface area (Å²) >= 11 is 1.69. The first kappa shape index (κ1) is 16.6. The van der Waals surface area contributed by atoms with Crippen molar-refractivity contribution >= 4 is 17.3 Å². The summed E-state index contributed by atoms with van der Waals surface area (Å²) in [6.45, 7) is 3.90. The van der Waals surface area contributed by atoms with E-state index in [1.54, 1.807) is 18.4 Å². The molecule has 3 rings (SSSR count). The predicted octanol–water partition coefficient (Wildman–Crippen LogP) is 2.21. The predicted molar refractivity (Wildman–Crippen MR) is 96.0 cm³/mol. The summed E-state index contributed by atoms with van der Waals surface area (Å²) < 4.78 is 11.6. The van der Waals surface area contributed by atoms with Gasteiger partial charge in [0.25, 0.3) is 0 Å². The number of thiazole rings is 1. The second-order valence-electron chi connectivity index (χ2n) is 5.39. The number of para-hydroxylation sites is 2. The van der Waals surface area contributed by atoms with E-state index in [9.17, 15) is 0 Å². The molecular formula is C17H22N4O2S. The van der Waals surface area contributed by atoms with E-state index in [2.05, 4.69) is 32.9 Å². The molecule has 1 aliphatic rings. The summed E-state index contributed by atoms with van der Waals surface area (Å²) in [5, 5.41) is 9.77. The van der Waals surface area contributed by atoms with Crippen molar-refractivity contribution in [1.82, 2.24) is 15.6 Å². The van der Waals surface area contributed by atoms with Gasteiger partial charge in [-0.15, -0.1) is 11.3 Å². The SMILES string of the molecule is CCc1nc(CNC(=NC)NC[C@H]2COc3ccccc3O2)cs1. The fourth-order valence-electron chi connectivity index (χ4n) is 2.36. The number of ether oxygens (including phenoxy) is 2. The summed E-state index contributed by atoms with van der Waals surface area (Å²) in [5.41, 5.74) is 1.03. The van der Waals surface area contributed by atoms with Gasteiger partial charge in [0, 0.05) is 12.4 Å². The number of aryl methyl sites for hydroxylation is 1. The lowest BCUT2D eigenvalue weighted by Crippen LogP contribution is -2.45. The van der Waals surface area contributed by atoms with Crippen molar-refractivity contribution in [3.63, 3.8) is 0 Å². The molecule has 1 aliphatic heterocycles. The normalized spacial score (nSPS) is 16.8. The largest absolute Gasteiger partial charge is 0.486 e. The molecule has 0 radical (unpaired) electrons. The number of hydrogen-bond donors (Lipinski definition) is 2. The van der Waals surface area contributed by atoms with Crippen LogP contribution >= 0.6 is 11.3 Å². The van der Waals surface area contributed by atoms with Crippen LogP contribution in [0.1, 0.15) is 17.6 Å². The van der Waals surface area contributed by atoms with Gasteiger partial charge in [-0.2, -0.15) is 0 Å². The maximum absolute atomic E-state index is 5.93. The lowest BCUT2D eigenvalue weighted by molar-refractivity contribution is 0.0936. The highest BCUT2D eigenvalue weighted by atomic mass is 32.1. The minimum atomic E-state index is -0.0515. The number of nitrogens with one attached hydrogen (secondary N) is 2. The zero-order valence-electron chi connectivity index (χ0n) is 13.9. The van der Waals surface area contributed by atoms with E-state index < -0.39 is 0 Å². The van der Waals surface area contributed by atoms with Gasteiger partial charge < -0.3 is 20.1 Å². The Morgan fingerprint density at radius 3 is 2.92 bits per heavy atom. The topological polar surface area (TPSA) is 67.8 Å². The number of benzene rings is 1. The number of hydrogen-bond acceptors (Lipinski definition) is 5. The molecule has 0 fully saturated rings. The van der Waals surface area contributed by atoms with Crippen LogP contribution in [0, 0.1) is 0 Å². The Morgan fingerprint density at radius 2 is 2.17 bits per heavy atom. The highest BCUT2D eigenvalue weighted by Gasteiger charge is 2.20. The van der Waals surface area contributed by atoms with Crippen LogP contribution in [0.25, 0.3) is 0 Å². The minimum absolute atomic E-state index is 0.0515. The van der Waals surface area contributed by atoms with Crippen molar-refractivity contribution < 1.29 is 9.47 Å². The number of aromatic nitrogens is 1. The van der Waals surface area contributed by atoms with Crippen molar-refractivity contribution in [2.24, 2.45) is 4.99 Å². The number of fused-ring (bicyclic) bond motifs is 1. The first-order chi connectivity index (χ1) is 11.8. The van der Waals surface area contributed by atoms with Crippen LogP contribution in [-0.4, -0.2) is 37.2 Å². The number of aliphatic imine (C=N–C) groups is 1. The Morgan fingerprint density at radius 1 is 1.33 bits per heavy atom. The Labute approximate surface area is 145 Å². The number of rotatable bonds is 5. The van der Waals surface area contributed by atoms with Crippen LogP contribution in [0.2, 0.25) is 0 Å². The first-order valence-corrected chi connectivity index (χ1v) is 8.92. The van der Waals surface area contributed by atoms with E-state index >= 15 is 0 Å². The van der Waals surface area contributed by atoms with Crippen molar-refractivity contribution in [1.29, 1.82) is 0 Å². The standard InChI is InChI=1S/C17H22N4O2S/c1-3-16-21-12(11-24-16)8-19-17(18-2)20-9-13-10-22-14-6-4-5-7-15(14)23-13/h4-7,11,13H,3,8-10H2,1-2H3,(H2,18,19,20)/t13-/m0/s1. The van der Waals surface area contributed by atoms with Crippen LogP contribution in [-0.2, 0) is 13.0 Å². The molecule has 1 aromatic carbocycles. The molecule has 2 heterocycles. The third-order valence-electron chi connectivity index (χ3n) is 3.63. The Bertz CT molecular complexity index is 701. The molecule has 0 bridgehead atoms. The van der Waals surface area contributed by atoms with Gasteiger partial charge in [-0.25, -0.2) is 4.98 Å². The second-order valence-corrected chi connectivity index (χ2v) is 6.33. The Kier molecular flexibility index (Phi) is 5.53. The van der Waals surface area contributed by atoms with Gasteiger partial charge in [0.2, 0.25) is 0 Å². The third kappa shape index (κ3) is 4.17. The second kappa shape index (κ2) is 8.01. The summed E-state index contributed by atoms with van der Waals surface area (Å²) in [4.78, 5) is 8.77. The zero-order valence-corrected chi connectivity index (χ0v) is 14.7. The summed E-state index contributed by atoms with van der Waals surface area (Å²) in [5.74, 6) is 2.31. The summed E-state index contributed by atoms with van der Waals surface area (Å²) in [6.07, 6.45) is 0.919. The van der Waals surface area contributed by atoms with Crippen molar-refractivity contribution in [2.45, 2.75) is 26.0 Å². The van der Waals surface area contributed by atoms with E-state index in [0.29, 0.717) is 19.7 Å². The van der Waals surface area contributed by atoms with Gasteiger partial charge in [-0.3, -0.25) is 4.99 Å². The molecule has 6 nitrogen and oxygen atoms in total. The molecular weight excluding hydrogens is 324 g/mol. The average molecular weight is 346 g/mol. The van der Waals surface area contributed by atoms with Crippen molar-refractivity contribution in [2.75, 3.05) is 20.2 Å². The number of nitrogens with zero attached hydrogens (tertiary/aromatic N) is 2. The Balaban J connectivity index is 1.46. The van der Waals surface area contributed by atoms with E-state index in [4.69, 9.17) is 9.47 Å². The number of guanidine groups is 1. The van der Waals surface area contributed by atoms with E-state index in [1.807, 2.05) is 24.3 Å². The molecule has 0 saturated carbocycles. The molecule has 24 heavy (non-hydrogen) atoms. The maximum atomic E-state index is 5.93. The fourth-order valence-corrected chi connectivity index (χ4v) is 3.11. The van der Waals surface area contributed by atoms with Gasteiger partial charge in [-0.1, -0.05) is 19.1 Å². The first-order valence-electron chi connectivity index (χ1n) is 8.04. The minimum Gasteiger partial charge on any atom is -0.486 e. The molecule has 1 aromatic heterocycles. The molecule has 7 heteroatoms. The van der Waals surface area contributed by atoms with Gasteiger partial charge in [-0.05, 0) is 18.6 Å². The van der Waals surface area contributed by atoms with Crippen molar-refractivity contribution in [3.05, 3.63) is 40.3 Å². The molecule has 2 aromatic rings. The van der Waals surface area contributed by atoms with Crippen LogP contribution < -0.4 is 20.1 Å². The molecule has 1 atom stereocenters. The fraction of sp³-hybridized carbons (Fsp3) is 0.412. The summed E-state index contributed by atoms with van der Waals surface area (Å²) in [7, 11) is 1.75. The monoisotopic (exact) mass is 346 g/mol. The molecule has 0 unspecified atom stereocenters. The van der Waals surface area contributed by atoms with Crippen LogP contribution in [0.3, 0.4) is 0 Å². The highest BCUT2D eigenvalue weighted by molar-refractivity contribution is 7.09. The van der Waals surface area contributed by atoms with Crippen LogP contribution in [0.4, 0.5) is 0 Å². The lowest BCUT2D eigenvalue weighted by atomic mass is 10.2. The molecule has 0 spiro atoms. The quantitative estimate of drug-likeness (QED) is 0.642. The Hall–Kier alpha value is -2.28. The van der Waals surface area contributed by atoms with Crippen LogP contribution in [0.5, 0.6) is 11.5 Å². The van der Waals surface area contributed by atoms with Crippen LogP contribution in [0.15, 0.2) is 34.6 Å².